The van der Waals surface area contributed by atoms with E-state index < -0.39 is 5.82 Å². The largest absolute Gasteiger partial charge is 0.486 e. The summed E-state index contributed by atoms with van der Waals surface area (Å²) in [6.45, 7) is 7.25. The van der Waals surface area contributed by atoms with Crippen LogP contribution in [-0.4, -0.2) is 38.8 Å². The van der Waals surface area contributed by atoms with Crippen molar-refractivity contribution < 1.29 is 13.9 Å². The second-order valence-electron chi connectivity index (χ2n) is 8.57. The van der Waals surface area contributed by atoms with Gasteiger partial charge in [0, 0.05) is 11.3 Å². The lowest BCUT2D eigenvalue weighted by molar-refractivity contribution is 0.254. The van der Waals surface area contributed by atoms with Gasteiger partial charge in [-0.1, -0.05) is 36.9 Å². The first kappa shape index (κ1) is 20.5. The molecule has 8 nitrogen and oxygen atoms in total. The van der Waals surface area contributed by atoms with Crippen LogP contribution in [-0.2, 0) is 6.54 Å². The fraction of sp³-hybridized carbons (Fsp3) is 0.240. The highest BCUT2D eigenvalue weighted by atomic mass is 19.1. The molecule has 0 saturated carbocycles. The third kappa shape index (κ3) is 3.49. The lowest BCUT2D eigenvalue weighted by Gasteiger charge is -2.38. The zero-order valence-electron chi connectivity index (χ0n) is 18.6. The van der Waals surface area contributed by atoms with Gasteiger partial charge in [0.2, 0.25) is 5.88 Å². The molecule has 0 saturated heterocycles. The molecule has 2 bridgehead atoms. The van der Waals surface area contributed by atoms with Crippen LogP contribution in [0.5, 0.6) is 11.6 Å². The summed E-state index contributed by atoms with van der Waals surface area (Å²) in [6.07, 6.45) is 4.74. The number of rotatable bonds is 1. The molecule has 172 valence electrons. The molecule has 2 aliphatic rings. The summed E-state index contributed by atoms with van der Waals surface area (Å²) in [4.78, 5) is 11.3. The van der Waals surface area contributed by atoms with Crippen molar-refractivity contribution in [2.75, 3.05) is 18.1 Å². The Labute approximate surface area is 195 Å². The molecule has 0 unspecified atom stereocenters. The van der Waals surface area contributed by atoms with Crippen LogP contribution in [0.4, 0.5) is 10.2 Å². The van der Waals surface area contributed by atoms with Crippen molar-refractivity contribution in [3.8, 4) is 11.6 Å². The number of halogens is 1. The molecule has 5 heterocycles. The molecular weight excluding hydrogens is 435 g/mol. The van der Waals surface area contributed by atoms with Gasteiger partial charge in [-0.25, -0.2) is 18.9 Å². The van der Waals surface area contributed by atoms with Crippen LogP contribution in [0.15, 0.2) is 61.6 Å². The van der Waals surface area contributed by atoms with Crippen LogP contribution in [0, 0.1) is 5.82 Å². The highest BCUT2D eigenvalue weighted by Crippen LogP contribution is 2.40. The minimum atomic E-state index is -0.419. The van der Waals surface area contributed by atoms with Gasteiger partial charge in [-0.3, -0.25) is 0 Å². The molecule has 6 rings (SSSR count). The smallest absolute Gasteiger partial charge is 0.218 e. The zero-order chi connectivity index (χ0) is 23.2. The van der Waals surface area contributed by atoms with Crippen LogP contribution >= 0.6 is 0 Å². The quantitative estimate of drug-likeness (QED) is 0.466. The Morgan fingerprint density at radius 1 is 1.15 bits per heavy atom. The molecule has 0 spiro atoms. The number of nitrogens with zero attached hydrogens (tertiary/aromatic N) is 5. The molecule has 0 aliphatic carbocycles. The number of nitrogens with one attached hydrogen (secondary N) is 1. The Morgan fingerprint density at radius 2 is 2.00 bits per heavy atom. The van der Waals surface area contributed by atoms with Crippen molar-refractivity contribution in [2.24, 2.45) is 0 Å². The van der Waals surface area contributed by atoms with Crippen molar-refractivity contribution in [1.82, 2.24) is 24.9 Å². The number of pyridine rings is 1. The average molecular weight is 458 g/mol. The second-order valence-corrected chi connectivity index (χ2v) is 8.57. The molecule has 2 atom stereocenters. The Hall–Kier alpha value is -4.14. The van der Waals surface area contributed by atoms with Crippen LogP contribution in [0.25, 0.3) is 11.3 Å². The highest BCUT2D eigenvalue weighted by Gasteiger charge is 2.33. The molecular formula is C25H23FN6O2. The standard InChI is InChI=1S/C25H23FN6O2/c1-15-13-34-25-18(8-19(26)9-27-25)11-31-21(17-6-4-3-5-7-17)14-33-22-12-32-23(30-24(22)31)20(10-28-32)16(2)29-15/h3-10,12,15,21,29H,2,11,13-14H2,1H3/t15-,21+/m1/s1. The Kier molecular flexibility index (Phi) is 4.83. The van der Waals surface area contributed by atoms with Crippen molar-refractivity contribution >= 4 is 17.2 Å². The van der Waals surface area contributed by atoms with Gasteiger partial charge >= 0.3 is 0 Å². The van der Waals surface area contributed by atoms with Crippen LogP contribution in [0.1, 0.15) is 29.7 Å². The summed E-state index contributed by atoms with van der Waals surface area (Å²) in [6, 6.07) is 11.3. The van der Waals surface area contributed by atoms with Crippen molar-refractivity contribution in [2.45, 2.75) is 25.6 Å². The lowest BCUT2D eigenvalue weighted by Crippen LogP contribution is -2.37. The Balaban J connectivity index is 1.56. The molecule has 2 aliphatic heterocycles. The van der Waals surface area contributed by atoms with Crippen molar-refractivity contribution in [3.63, 3.8) is 0 Å². The van der Waals surface area contributed by atoms with E-state index in [4.69, 9.17) is 14.5 Å². The third-order valence-corrected chi connectivity index (χ3v) is 6.12. The van der Waals surface area contributed by atoms with Gasteiger partial charge in [-0.15, -0.1) is 0 Å². The summed E-state index contributed by atoms with van der Waals surface area (Å²) >= 11 is 0. The van der Waals surface area contributed by atoms with E-state index in [0.717, 1.165) is 11.1 Å². The van der Waals surface area contributed by atoms with Gasteiger partial charge in [0.1, 0.15) is 19.0 Å². The minimum Gasteiger partial charge on any atom is -0.486 e. The molecule has 1 N–H and O–H groups in total. The van der Waals surface area contributed by atoms with E-state index in [0.29, 0.717) is 54.1 Å². The Morgan fingerprint density at radius 3 is 2.85 bits per heavy atom. The fourth-order valence-electron chi connectivity index (χ4n) is 4.47. The predicted molar refractivity (Wildman–Crippen MR) is 125 cm³/mol. The van der Waals surface area contributed by atoms with E-state index in [1.807, 2.05) is 31.3 Å². The Bertz CT molecular complexity index is 1390. The number of hydrogen-bond donors (Lipinski definition) is 1. The number of benzene rings is 1. The van der Waals surface area contributed by atoms with Crippen molar-refractivity contribution in [3.05, 3.63) is 84.1 Å². The first-order valence-corrected chi connectivity index (χ1v) is 11.1. The number of ether oxygens (including phenoxy) is 2. The van der Waals surface area contributed by atoms with Gasteiger partial charge < -0.3 is 19.7 Å². The summed E-state index contributed by atoms with van der Waals surface area (Å²) in [7, 11) is 0. The van der Waals surface area contributed by atoms with Crippen LogP contribution in [0.2, 0.25) is 0 Å². The normalized spacial score (nSPS) is 19.8. The molecule has 0 fully saturated rings. The maximum absolute atomic E-state index is 14.3. The molecule has 1 aromatic carbocycles. The van der Waals surface area contributed by atoms with Gasteiger partial charge in [0.05, 0.1) is 42.8 Å². The van der Waals surface area contributed by atoms with E-state index in [-0.39, 0.29) is 12.1 Å². The number of anilines is 1. The highest BCUT2D eigenvalue weighted by molar-refractivity contribution is 5.75. The molecule has 3 aromatic heterocycles. The van der Waals surface area contributed by atoms with Crippen LogP contribution in [0.3, 0.4) is 0 Å². The number of fused-ring (bicyclic) bond motifs is 1. The SMILES string of the molecule is C=C1N[C@H](C)COc2ncc(F)cc2CN2c3nc4c1cnn4cc3OC[C@H]2c1ccccc1. The fourth-order valence-corrected chi connectivity index (χ4v) is 4.47. The summed E-state index contributed by atoms with van der Waals surface area (Å²) in [5.41, 5.74) is 3.84. The maximum atomic E-state index is 14.3. The first-order chi connectivity index (χ1) is 16.6. The lowest BCUT2D eigenvalue weighted by atomic mass is 10.0. The maximum Gasteiger partial charge on any atom is 0.218 e. The monoisotopic (exact) mass is 458 g/mol. The molecule has 9 heteroatoms. The molecule has 4 aromatic rings. The minimum absolute atomic E-state index is 0.0752. The van der Waals surface area contributed by atoms with Gasteiger partial charge in [-0.05, 0) is 18.6 Å². The third-order valence-electron chi connectivity index (χ3n) is 6.12. The van der Waals surface area contributed by atoms with E-state index in [1.54, 1.807) is 10.7 Å². The van der Waals surface area contributed by atoms with E-state index in [1.165, 1.54) is 12.3 Å². The van der Waals surface area contributed by atoms with Gasteiger partial charge in [0.25, 0.3) is 0 Å². The first-order valence-electron chi connectivity index (χ1n) is 11.1. The molecule has 0 amide bonds. The number of hydrogen-bond acceptors (Lipinski definition) is 7. The summed E-state index contributed by atoms with van der Waals surface area (Å²) in [5.74, 6) is 1.22. The van der Waals surface area contributed by atoms with E-state index >= 15 is 0 Å². The topological polar surface area (TPSA) is 76.8 Å². The molecule has 34 heavy (non-hydrogen) atoms. The summed E-state index contributed by atoms with van der Waals surface area (Å²) in [5, 5.41) is 7.80. The second kappa shape index (κ2) is 8.02. The summed E-state index contributed by atoms with van der Waals surface area (Å²) < 4.78 is 28.2. The average Bonchev–Trinajstić information content (AvgIpc) is 3.25. The zero-order valence-corrected chi connectivity index (χ0v) is 18.6. The van der Waals surface area contributed by atoms with Crippen LogP contribution < -0.4 is 19.7 Å². The molecule has 0 radical (unpaired) electrons. The van der Waals surface area contributed by atoms with Crippen molar-refractivity contribution in [1.29, 1.82) is 0 Å². The predicted octanol–water partition coefficient (Wildman–Crippen LogP) is 3.74. The van der Waals surface area contributed by atoms with Gasteiger partial charge in [-0.2, -0.15) is 5.10 Å². The number of aromatic nitrogens is 4. The van der Waals surface area contributed by atoms with E-state index in [9.17, 15) is 4.39 Å². The van der Waals surface area contributed by atoms with E-state index in [2.05, 4.69) is 39.0 Å². The van der Waals surface area contributed by atoms with Gasteiger partial charge in [0.15, 0.2) is 17.2 Å².